The molecular weight excluding hydrogens is 292 g/mol. The number of fused-ring (bicyclic) bond motifs is 1. The molecular formula is C13H10N4O3S. The molecule has 2 heterocycles. The second-order valence-electron chi connectivity index (χ2n) is 4.12. The molecule has 1 aromatic carbocycles. The fourth-order valence-electron chi connectivity index (χ4n) is 1.91. The number of nitro benzene ring substituents is 1. The first-order valence-corrected chi connectivity index (χ1v) is 6.84. The number of benzene rings is 1. The molecule has 1 N–H and O–H groups in total. The monoisotopic (exact) mass is 302 g/mol. The first kappa shape index (κ1) is 13.3. The van der Waals surface area contributed by atoms with Gasteiger partial charge in [-0.25, -0.2) is 9.97 Å². The number of methoxy groups -OCH3 is 1. The van der Waals surface area contributed by atoms with Crippen LogP contribution >= 0.6 is 11.3 Å². The predicted octanol–water partition coefficient (Wildman–Crippen LogP) is 3.35. The number of ether oxygens (including phenoxy) is 1. The van der Waals surface area contributed by atoms with Gasteiger partial charge in [0.05, 0.1) is 22.2 Å². The summed E-state index contributed by atoms with van der Waals surface area (Å²) in [5.74, 6) is 1.06. The van der Waals surface area contributed by atoms with Crippen molar-refractivity contribution in [1.29, 1.82) is 0 Å². The van der Waals surface area contributed by atoms with Gasteiger partial charge in [-0.3, -0.25) is 10.1 Å². The lowest BCUT2D eigenvalue weighted by molar-refractivity contribution is -0.383. The normalized spacial score (nSPS) is 10.5. The number of nitrogens with one attached hydrogen (secondary N) is 1. The highest BCUT2D eigenvalue weighted by molar-refractivity contribution is 7.17. The summed E-state index contributed by atoms with van der Waals surface area (Å²) in [7, 11) is 1.51. The van der Waals surface area contributed by atoms with E-state index in [1.807, 2.05) is 11.4 Å². The van der Waals surface area contributed by atoms with Crippen LogP contribution in [0.5, 0.6) is 5.75 Å². The van der Waals surface area contributed by atoms with E-state index in [-0.39, 0.29) is 5.69 Å². The van der Waals surface area contributed by atoms with Crippen LogP contribution in [0.1, 0.15) is 0 Å². The molecule has 2 aromatic heterocycles. The Balaban J connectivity index is 2.08. The topological polar surface area (TPSA) is 90.2 Å². The van der Waals surface area contributed by atoms with Crippen molar-refractivity contribution in [3.8, 4) is 5.75 Å². The molecule has 3 aromatic rings. The lowest BCUT2D eigenvalue weighted by Crippen LogP contribution is -1.99. The summed E-state index contributed by atoms with van der Waals surface area (Å²) in [4.78, 5) is 19.0. The van der Waals surface area contributed by atoms with Gasteiger partial charge in [-0.05, 0) is 17.5 Å². The molecule has 3 rings (SSSR count). The number of anilines is 2. The highest BCUT2D eigenvalue weighted by atomic mass is 32.1. The zero-order valence-corrected chi connectivity index (χ0v) is 11.8. The van der Waals surface area contributed by atoms with Gasteiger partial charge >= 0.3 is 0 Å². The van der Waals surface area contributed by atoms with Crippen LogP contribution < -0.4 is 10.1 Å². The van der Waals surface area contributed by atoms with Crippen LogP contribution in [0.15, 0.2) is 36.0 Å². The number of thiophene rings is 1. The van der Waals surface area contributed by atoms with Gasteiger partial charge in [-0.1, -0.05) is 0 Å². The van der Waals surface area contributed by atoms with Gasteiger partial charge in [0.1, 0.15) is 17.8 Å². The fraction of sp³-hybridized carbons (Fsp3) is 0.0769. The summed E-state index contributed by atoms with van der Waals surface area (Å²) in [5.41, 5.74) is 1.08. The molecule has 0 spiro atoms. The van der Waals surface area contributed by atoms with Crippen molar-refractivity contribution in [3.63, 3.8) is 0 Å². The highest BCUT2D eigenvalue weighted by Gasteiger charge is 2.16. The Morgan fingerprint density at radius 3 is 2.95 bits per heavy atom. The molecule has 0 atom stereocenters. The Morgan fingerprint density at radius 2 is 2.19 bits per heavy atom. The quantitative estimate of drug-likeness (QED) is 0.587. The molecule has 0 aliphatic carbocycles. The maximum atomic E-state index is 11.1. The van der Waals surface area contributed by atoms with Crippen molar-refractivity contribution in [3.05, 3.63) is 46.1 Å². The average molecular weight is 302 g/mol. The van der Waals surface area contributed by atoms with Gasteiger partial charge in [0, 0.05) is 12.1 Å². The molecule has 0 saturated heterocycles. The third kappa shape index (κ3) is 2.48. The van der Waals surface area contributed by atoms with E-state index >= 15 is 0 Å². The van der Waals surface area contributed by atoms with Gasteiger partial charge in [0.2, 0.25) is 0 Å². The van der Waals surface area contributed by atoms with Crippen LogP contribution in [-0.2, 0) is 0 Å². The molecule has 21 heavy (non-hydrogen) atoms. The maximum Gasteiger partial charge on any atom is 0.292 e. The summed E-state index contributed by atoms with van der Waals surface area (Å²) in [5, 5.41) is 16.0. The van der Waals surface area contributed by atoms with E-state index in [2.05, 4.69) is 15.3 Å². The molecule has 0 fully saturated rings. The Morgan fingerprint density at radius 1 is 1.33 bits per heavy atom. The first-order chi connectivity index (χ1) is 10.2. The molecule has 0 aliphatic heterocycles. The van der Waals surface area contributed by atoms with Gasteiger partial charge in [-0.15, -0.1) is 11.3 Å². The van der Waals surface area contributed by atoms with E-state index in [1.165, 1.54) is 30.8 Å². The Labute approximate surface area is 123 Å². The predicted molar refractivity (Wildman–Crippen MR) is 80.3 cm³/mol. The minimum absolute atomic E-state index is 0.0425. The van der Waals surface area contributed by atoms with Crippen molar-refractivity contribution in [2.45, 2.75) is 0 Å². The van der Waals surface area contributed by atoms with Gasteiger partial charge in [0.15, 0.2) is 5.82 Å². The van der Waals surface area contributed by atoms with Gasteiger partial charge < -0.3 is 10.1 Å². The number of nitro groups is 1. The minimum atomic E-state index is -0.450. The molecule has 0 radical (unpaired) electrons. The summed E-state index contributed by atoms with van der Waals surface area (Å²) in [6, 6.07) is 6.38. The van der Waals surface area contributed by atoms with Crippen LogP contribution in [0, 0.1) is 10.1 Å². The zero-order valence-electron chi connectivity index (χ0n) is 10.9. The molecule has 8 heteroatoms. The average Bonchev–Trinajstić information content (AvgIpc) is 2.96. The van der Waals surface area contributed by atoms with Crippen molar-refractivity contribution < 1.29 is 9.66 Å². The Hall–Kier alpha value is -2.74. The second-order valence-corrected chi connectivity index (χ2v) is 5.04. The Bertz CT molecular complexity index is 818. The molecule has 0 unspecified atom stereocenters. The van der Waals surface area contributed by atoms with E-state index in [4.69, 9.17) is 4.74 Å². The van der Waals surface area contributed by atoms with E-state index in [1.54, 1.807) is 12.1 Å². The fourth-order valence-corrected chi connectivity index (χ4v) is 2.70. The molecule has 7 nitrogen and oxygen atoms in total. The lowest BCUT2D eigenvalue weighted by Gasteiger charge is -2.08. The summed E-state index contributed by atoms with van der Waals surface area (Å²) >= 11 is 1.47. The molecule has 0 amide bonds. The number of hydrogen-bond donors (Lipinski definition) is 1. The zero-order chi connectivity index (χ0) is 14.8. The van der Waals surface area contributed by atoms with E-state index in [0.717, 1.165) is 10.2 Å². The second kappa shape index (κ2) is 5.33. The third-order valence-corrected chi connectivity index (χ3v) is 3.81. The van der Waals surface area contributed by atoms with Crippen molar-refractivity contribution in [2.24, 2.45) is 0 Å². The summed E-state index contributed by atoms with van der Waals surface area (Å²) in [6.07, 6.45) is 1.42. The lowest BCUT2D eigenvalue weighted by atomic mass is 10.2. The van der Waals surface area contributed by atoms with Crippen LogP contribution in [0.4, 0.5) is 17.2 Å². The van der Waals surface area contributed by atoms with Crippen LogP contribution in [0.2, 0.25) is 0 Å². The van der Waals surface area contributed by atoms with E-state index in [0.29, 0.717) is 17.3 Å². The van der Waals surface area contributed by atoms with Crippen LogP contribution in [-0.4, -0.2) is 22.0 Å². The SMILES string of the molecule is COc1ccc([N+](=O)[O-])c(Nc2ncnc3ccsc23)c1. The number of nitrogens with zero attached hydrogens (tertiary/aromatic N) is 3. The van der Waals surface area contributed by atoms with Crippen molar-refractivity contribution >= 4 is 38.7 Å². The number of aromatic nitrogens is 2. The van der Waals surface area contributed by atoms with Crippen molar-refractivity contribution in [2.75, 3.05) is 12.4 Å². The smallest absolute Gasteiger partial charge is 0.292 e. The summed E-state index contributed by atoms with van der Waals surface area (Å²) in [6.45, 7) is 0. The molecule has 0 aliphatic rings. The maximum absolute atomic E-state index is 11.1. The van der Waals surface area contributed by atoms with Crippen LogP contribution in [0.3, 0.4) is 0 Å². The minimum Gasteiger partial charge on any atom is -0.497 e. The van der Waals surface area contributed by atoms with Crippen molar-refractivity contribution in [1.82, 2.24) is 9.97 Å². The number of rotatable bonds is 4. The Kier molecular flexibility index (Phi) is 3.36. The molecule has 106 valence electrons. The molecule has 0 bridgehead atoms. The third-order valence-electron chi connectivity index (χ3n) is 2.90. The van der Waals surface area contributed by atoms with E-state index < -0.39 is 4.92 Å². The summed E-state index contributed by atoms with van der Waals surface area (Å²) < 4.78 is 5.95. The van der Waals surface area contributed by atoms with Crippen LogP contribution in [0.25, 0.3) is 10.2 Å². The first-order valence-electron chi connectivity index (χ1n) is 5.96. The molecule has 0 saturated carbocycles. The standard InChI is InChI=1S/C13H10N4O3S/c1-20-8-2-3-11(17(18)19)10(6-8)16-13-12-9(4-5-21-12)14-7-15-13/h2-7H,1H3,(H,14,15,16). The number of hydrogen-bond acceptors (Lipinski definition) is 7. The van der Waals surface area contributed by atoms with Gasteiger partial charge in [0.25, 0.3) is 5.69 Å². The van der Waals surface area contributed by atoms with Gasteiger partial charge in [-0.2, -0.15) is 0 Å². The highest BCUT2D eigenvalue weighted by Crippen LogP contribution is 2.33. The largest absolute Gasteiger partial charge is 0.497 e. The van der Waals surface area contributed by atoms with E-state index in [9.17, 15) is 10.1 Å².